The maximum absolute atomic E-state index is 14.7. The summed E-state index contributed by atoms with van der Waals surface area (Å²) >= 11 is 0. The smallest absolute Gasteiger partial charge is 0.266 e. The Balaban J connectivity index is 1.62. The first kappa shape index (κ1) is 21.4. The molecule has 1 saturated heterocycles. The van der Waals surface area contributed by atoms with Crippen molar-refractivity contribution in [3.63, 3.8) is 0 Å². The van der Waals surface area contributed by atoms with Crippen molar-refractivity contribution in [2.75, 3.05) is 18.5 Å². The molecule has 33 heavy (non-hydrogen) atoms. The fraction of sp³-hybridized carbons (Fsp3) is 0.348. The maximum atomic E-state index is 14.7. The van der Waals surface area contributed by atoms with Gasteiger partial charge in [-0.3, -0.25) is 4.79 Å². The lowest BCUT2D eigenvalue weighted by Crippen LogP contribution is -2.28. The van der Waals surface area contributed by atoms with Crippen molar-refractivity contribution in [1.29, 1.82) is 0 Å². The Morgan fingerprint density at radius 2 is 1.94 bits per heavy atom. The van der Waals surface area contributed by atoms with Crippen LogP contribution in [0.5, 0.6) is 0 Å². The van der Waals surface area contributed by atoms with Crippen LogP contribution in [0.4, 0.5) is 19.0 Å². The highest BCUT2D eigenvalue weighted by molar-refractivity contribution is 5.90. The zero-order valence-corrected chi connectivity index (χ0v) is 17.8. The van der Waals surface area contributed by atoms with E-state index in [0.717, 1.165) is 6.07 Å². The quantitative estimate of drug-likeness (QED) is 0.473. The molecular weight excluding hydrogens is 435 g/mol. The van der Waals surface area contributed by atoms with E-state index in [1.54, 1.807) is 34.5 Å². The van der Waals surface area contributed by atoms with Crippen LogP contribution in [0.3, 0.4) is 0 Å². The Morgan fingerprint density at radius 3 is 2.70 bits per heavy atom. The fourth-order valence-electron chi connectivity index (χ4n) is 4.35. The van der Waals surface area contributed by atoms with Gasteiger partial charge in [0.05, 0.1) is 28.7 Å². The molecular formula is C23H22F3N5O2. The molecule has 7 nitrogen and oxygen atoms in total. The van der Waals surface area contributed by atoms with Crippen molar-refractivity contribution >= 4 is 22.4 Å². The Bertz CT molecular complexity index is 1380. The van der Waals surface area contributed by atoms with E-state index in [1.165, 1.54) is 18.2 Å². The molecule has 4 heterocycles. The van der Waals surface area contributed by atoms with Gasteiger partial charge in [0.25, 0.3) is 12.0 Å². The molecule has 4 aromatic rings. The molecule has 1 aromatic carbocycles. The average Bonchev–Trinajstić information content (AvgIpc) is 3.28. The summed E-state index contributed by atoms with van der Waals surface area (Å²) in [6.45, 7) is 2.83. The van der Waals surface area contributed by atoms with Crippen LogP contribution in [-0.4, -0.2) is 32.4 Å². The first-order valence-electron chi connectivity index (χ1n) is 10.7. The third-order valence-corrected chi connectivity index (χ3v) is 6.09. The van der Waals surface area contributed by atoms with Gasteiger partial charge in [0, 0.05) is 43.1 Å². The molecule has 0 radical (unpaired) electrons. The van der Waals surface area contributed by atoms with Gasteiger partial charge in [-0.05, 0) is 19.8 Å². The van der Waals surface area contributed by atoms with Crippen molar-refractivity contribution in [3.05, 3.63) is 70.0 Å². The molecule has 10 heteroatoms. The normalized spacial score (nSPS) is 16.0. The fourth-order valence-corrected chi connectivity index (χ4v) is 4.35. The SMILES string of the molecule is CC(Nc1nc2ccnn2c2cc(=O)n(C3CCOCC3)cc12)c1cccc(C(F)F)c1F. The van der Waals surface area contributed by atoms with Gasteiger partial charge >= 0.3 is 0 Å². The van der Waals surface area contributed by atoms with Crippen LogP contribution >= 0.6 is 0 Å². The Kier molecular flexibility index (Phi) is 5.53. The lowest BCUT2D eigenvalue weighted by atomic mass is 10.0. The van der Waals surface area contributed by atoms with Gasteiger partial charge in [-0.15, -0.1) is 0 Å². The van der Waals surface area contributed by atoms with E-state index in [1.807, 2.05) is 0 Å². The number of halogens is 3. The van der Waals surface area contributed by atoms with Gasteiger partial charge in [-0.25, -0.2) is 22.7 Å². The van der Waals surface area contributed by atoms with Crippen molar-refractivity contribution in [2.24, 2.45) is 0 Å². The molecule has 1 fully saturated rings. The van der Waals surface area contributed by atoms with Crippen LogP contribution in [0, 0.1) is 5.82 Å². The van der Waals surface area contributed by atoms with Crippen molar-refractivity contribution in [3.8, 4) is 0 Å². The number of anilines is 1. The number of rotatable bonds is 5. The lowest BCUT2D eigenvalue weighted by molar-refractivity contribution is 0.0688. The van der Waals surface area contributed by atoms with Gasteiger partial charge < -0.3 is 14.6 Å². The second-order valence-electron chi connectivity index (χ2n) is 8.14. The molecule has 0 saturated carbocycles. The predicted octanol–water partition coefficient (Wildman–Crippen LogP) is 4.65. The third-order valence-electron chi connectivity index (χ3n) is 6.09. The summed E-state index contributed by atoms with van der Waals surface area (Å²) in [5.74, 6) is -0.533. The largest absolute Gasteiger partial charge is 0.381 e. The number of alkyl halides is 2. The number of aromatic nitrogens is 4. The number of fused-ring (bicyclic) bond motifs is 3. The monoisotopic (exact) mass is 457 g/mol. The Morgan fingerprint density at radius 1 is 1.18 bits per heavy atom. The summed E-state index contributed by atoms with van der Waals surface area (Å²) in [6.07, 6.45) is 1.84. The van der Waals surface area contributed by atoms with E-state index in [9.17, 15) is 18.0 Å². The topological polar surface area (TPSA) is 73.5 Å². The highest BCUT2D eigenvalue weighted by Gasteiger charge is 2.22. The molecule has 5 rings (SSSR count). The number of hydrogen-bond donors (Lipinski definition) is 1. The Labute approximate surface area is 186 Å². The molecule has 3 aromatic heterocycles. The number of hydrogen-bond acceptors (Lipinski definition) is 5. The van der Waals surface area contributed by atoms with Gasteiger partial charge in [-0.1, -0.05) is 18.2 Å². The zero-order chi connectivity index (χ0) is 23.1. The minimum atomic E-state index is -2.91. The number of nitrogens with one attached hydrogen (secondary N) is 1. The first-order valence-corrected chi connectivity index (χ1v) is 10.7. The molecule has 1 unspecified atom stereocenters. The number of nitrogens with zero attached hydrogens (tertiary/aromatic N) is 4. The molecule has 0 spiro atoms. The minimum absolute atomic E-state index is 0.00518. The lowest BCUT2D eigenvalue weighted by Gasteiger charge is -2.25. The van der Waals surface area contributed by atoms with E-state index in [4.69, 9.17) is 4.74 Å². The van der Waals surface area contributed by atoms with Gasteiger partial charge in [-0.2, -0.15) is 5.10 Å². The predicted molar refractivity (Wildman–Crippen MR) is 117 cm³/mol. The standard InChI is InChI=1S/C23H22F3N5O2/c1-13(15-3-2-4-16(21(15)24)22(25)26)28-23-17-12-30(14-6-9-33-10-7-14)20(32)11-18(17)31-19(29-23)5-8-27-31/h2-5,8,11-14,22H,6-7,9-10H2,1H3,(H,28,29). The zero-order valence-electron chi connectivity index (χ0n) is 17.8. The molecule has 0 bridgehead atoms. The molecule has 0 aliphatic carbocycles. The van der Waals surface area contributed by atoms with Crippen molar-refractivity contribution in [1.82, 2.24) is 19.2 Å². The molecule has 1 aliphatic rings. The summed E-state index contributed by atoms with van der Waals surface area (Å²) in [5.41, 5.74) is 0.358. The van der Waals surface area contributed by atoms with Gasteiger partial charge in [0.15, 0.2) is 5.65 Å². The van der Waals surface area contributed by atoms with E-state index >= 15 is 0 Å². The van der Waals surface area contributed by atoms with Crippen LogP contribution < -0.4 is 10.9 Å². The average molecular weight is 457 g/mol. The van der Waals surface area contributed by atoms with Crippen molar-refractivity contribution in [2.45, 2.75) is 38.3 Å². The Hall–Kier alpha value is -3.40. The minimum Gasteiger partial charge on any atom is -0.381 e. The molecule has 1 atom stereocenters. The summed E-state index contributed by atoms with van der Waals surface area (Å²) in [7, 11) is 0. The molecule has 0 amide bonds. The number of pyridine rings is 1. The van der Waals surface area contributed by atoms with E-state index in [0.29, 0.717) is 48.4 Å². The van der Waals surface area contributed by atoms with Crippen LogP contribution in [0.15, 0.2) is 47.5 Å². The highest BCUT2D eigenvalue weighted by Crippen LogP contribution is 2.31. The van der Waals surface area contributed by atoms with Crippen LogP contribution in [0.25, 0.3) is 16.6 Å². The van der Waals surface area contributed by atoms with Crippen LogP contribution in [0.2, 0.25) is 0 Å². The summed E-state index contributed by atoms with van der Waals surface area (Å²) in [5, 5.41) is 8.05. The third kappa shape index (κ3) is 3.84. The van der Waals surface area contributed by atoms with Gasteiger partial charge in [0.1, 0.15) is 11.6 Å². The van der Waals surface area contributed by atoms with Crippen LogP contribution in [0.1, 0.15) is 49.4 Å². The molecule has 172 valence electrons. The van der Waals surface area contributed by atoms with Crippen molar-refractivity contribution < 1.29 is 17.9 Å². The first-order chi connectivity index (χ1) is 15.9. The van der Waals surface area contributed by atoms with E-state index < -0.39 is 23.8 Å². The van der Waals surface area contributed by atoms with Gasteiger partial charge in [0.2, 0.25) is 0 Å². The summed E-state index contributed by atoms with van der Waals surface area (Å²) in [6, 6.07) is 6.50. The van der Waals surface area contributed by atoms with E-state index in [-0.39, 0.29) is 17.2 Å². The van der Waals surface area contributed by atoms with Crippen LogP contribution in [-0.2, 0) is 4.74 Å². The maximum Gasteiger partial charge on any atom is 0.266 e. The summed E-state index contributed by atoms with van der Waals surface area (Å²) < 4.78 is 49.8. The number of benzene rings is 1. The second-order valence-corrected chi connectivity index (χ2v) is 8.14. The summed E-state index contributed by atoms with van der Waals surface area (Å²) in [4.78, 5) is 17.5. The second kappa shape index (κ2) is 8.51. The molecule has 1 N–H and O–H groups in total. The molecule has 1 aliphatic heterocycles. The van der Waals surface area contributed by atoms with E-state index in [2.05, 4.69) is 15.4 Å². The highest BCUT2D eigenvalue weighted by atomic mass is 19.3. The number of ether oxygens (including phenoxy) is 1.